The maximum Gasteiger partial charge on any atom is 0.283 e. The smallest absolute Gasteiger partial charge is 0.283 e. The van der Waals surface area contributed by atoms with Gasteiger partial charge in [-0.15, -0.1) is 0 Å². The molecule has 2 heterocycles. The van der Waals surface area contributed by atoms with Crippen LogP contribution in [0.3, 0.4) is 0 Å². The quantitative estimate of drug-likeness (QED) is 0.318. The number of carbonyl (C=O) groups excluding carboxylic acids is 1. The van der Waals surface area contributed by atoms with E-state index in [1.165, 1.54) is 17.3 Å². The van der Waals surface area contributed by atoms with Gasteiger partial charge >= 0.3 is 0 Å². The van der Waals surface area contributed by atoms with E-state index in [1.807, 2.05) is 79.1 Å². The number of ether oxygens (including phenoxy) is 2. The Morgan fingerprint density at radius 2 is 1.72 bits per heavy atom. The number of aryl methyl sites for hydroxylation is 2. The van der Waals surface area contributed by atoms with Crippen LogP contribution in [0, 0.1) is 19.3 Å². The normalized spacial score (nSPS) is 16.1. The highest BCUT2D eigenvalue weighted by molar-refractivity contribution is 8.17. The monoisotopic (exact) mass is 495 g/mol. The largest absolute Gasteiger partial charge is 0.490 e. The van der Waals surface area contributed by atoms with Crippen LogP contribution in [0.1, 0.15) is 22.3 Å². The summed E-state index contributed by atoms with van der Waals surface area (Å²) >= 11 is 1.35. The molecule has 0 aromatic heterocycles. The fourth-order valence-electron chi connectivity index (χ4n) is 4.01. The molecule has 0 aliphatic carbocycles. The summed E-state index contributed by atoms with van der Waals surface area (Å²) in [6.45, 7) is 4.94. The fourth-order valence-corrected chi connectivity index (χ4v) is 4.90. The number of fused-ring (bicyclic) bond motifs is 1. The minimum Gasteiger partial charge on any atom is -0.490 e. The minimum absolute atomic E-state index is 0.119. The molecule has 0 fully saturated rings. The first kappa shape index (κ1) is 23.6. The summed E-state index contributed by atoms with van der Waals surface area (Å²) in [6, 6.07) is 23.3. The van der Waals surface area contributed by atoms with Gasteiger partial charge in [0.1, 0.15) is 30.5 Å². The van der Waals surface area contributed by atoms with Crippen molar-refractivity contribution < 1.29 is 14.3 Å². The van der Waals surface area contributed by atoms with Crippen LogP contribution in [0.5, 0.6) is 11.5 Å². The minimum atomic E-state index is -0.412. The Balaban J connectivity index is 1.23. The summed E-state index contributed by atoms with van der Waals surface area (Å²) in [7, 11) is 0. The third-order valence-corrected chi connectivity index (χ3v) is 6.64. The zero-order chi connectivity index (χ0) is 25.1. The standard InChI is InChI=1S/C29H25N3O3S/c1-19-8-13-26(20(2)16-19)35-15-14-34-23-11-9-21(10-12-23)17-24-27(30)32-25(22-6-4-3-5-7-22)18-36-29(32)31-28(24)33/h3-13,16-18,30H,14-15H2,1-2H3. The Hall–Kier alpha value is -4.10. The van der Waals surface area contributed by atoms with Gasteiger partial charge in [0.15, 0.2) is 5.17 Å². The zero-order valence-corrected chi connectivity index (χ0v) is 20.8. The molecule has 0 spiro atoms. The fraction of sp³-hybridized carbons (Fsp3) is 0.138. The Labute approximate surface area is 214 Å². The van der Waals surface area contributed by atoms with Crippen LogP contribution in [-0.4, -0.2) is 35.0 Å². The van der Waals surface area contributed by atoms with Crippen molar-refractivity contribution in [3.05, 3.63) is 106 Å². The van der Waals surface area contributed by atoms with E-state index in [0.29, 0.717) is 24.1 Å². The lowest BCUT2D eigenvalue weighted by atomic mass is 10.1. The summed E-state index contributed by atoms with van der Waals surface area (Å²) < 4.78 is 11.6. The van der Waals surface area contributed by atoms with Gasteiger partial charge in [-0.1, -0.05) is 71.9 Å². The summed E-state index contributed by atoms with van der Waals surface area (Å²) in [5.74, 6) is 1.27. The number of hydrogen-bond acceptors (Lipinski definition) is 5. The van der Waals surface area contributed by atoms with E-state index >= 15 is 0 Å². The predicted molar refractivity (Wildman–Crippen MR) is 145 cm³/mol. The van der Waals surface area contributed by atoms with E-state index in [9.17, 15) is 4.79 Å². The number of aliphatic imine (C=N–C) groups is 1. The summed E-state index contributed by atoms with van der Waals surface area (Å²) in [5, 5.41) is 11.2. The highest BCUT2D eigenvalue weighted by Crippen LogP contribution is 2.37. The highest BCUT2D eigenvalue weighted by atomic mass is 32.2. The first-order valence-electron chi connectivity index (χ1n) is 11.6. The average Bonchev–Trinajstić information content (AvgIpc) is 3.31. The van der Waals surface area contributed by atoms with Gasteiger partial charge in [0.25, 0.3) is 5.91 Å². The van der Waals surface area contributed by atoms with Crippen molar-refractivity contribution in [1.82, 2.24) is 4.90 Å². The number of nitrogens with one attached hydrogen (secondary N) is 1. The number of benzene rings is 3. The molecule has 0 bridgehead atoms. The predicted octanol–water partition coefficient (Wildman–Crippen LogP) is 6.07. The maximum atomic E-state index is 12.7. The first-order valence-corrected chi connectivity index (χ1v) is 12.5. The molecule has 6 nitrogen and oxygen atoms in total. The van der Waals surface area contributed by atoms with E-state index in [0.717, 1.165) is 28.1 Å². The highest BCUT2D eigenvalue weighted by Gasteiger charge is 2.36. The topological polar surface area (TPSA) is 75.0 Å². The second-order valence-electron chi connectivity index (χ2n) is 8.46. The van der Waals surface area contributed by atoms with Crippen LogP contribution in [0.4, 0.5) is 0 Å². The molecule has 180 valence electrons. The van der Waals surface area contributed by atoms with Gasteiger partial charge in [-0.05, 0) is 54.8 Å². The lowest BCUT2D eigenvalue weighted by Crippen LogP contribution is -2.38. The van der Waals surface area contributed by atoms with Crippen LogP contribution < -0.4 is 9.47 Å². The van der Waals surface area contributed by atoms with Crippen LogP contribution in [0.15, 0.2) is 88.8 Å². The zero-order valence-electron chi connectivity index (χ0n) is 20.0. The van der Waals surface area contributed by atoms with E-state index in [4.69, 9.17) is 14.9 Å². The molecule has 7 heteroatoms. The number of nitrogens with zero attached hydrogens (tertiary/aromatic N) is 2. The SMILES string of the molecule is Cc1ccc(OCCOc2ccc(C=C3C(=N)N4C(c5ccccc5)=CSC4=NC3=O)cc2)c(C)c1. The van der Waals surface area contributed by atoms with Crippen molar-refractivity contribution in [3.8, 4) is 11.5 Å². The molecule has 0 saturated carbocycles. The Bertz CT molecular complexity index is 1410. The molecule has 0 atom stereocenters. The van der Waals surface area contributed by atoms with Crippen LogP contribution >= 0.6 is 11.8 Å². The van der Waals surface area contributed by atoms with E-state index < -0.39 is 5.91 Å². The second kappa shape index (κ2) is 10.3. The molecule has 0 unspecified atom stereocenters. The van der Waals surface area contributed by atoms with Gasteiger partial charge in [-0.25, -0.2) is 0 Å². The lowest BCUT2D eigenvalue weighted by Gasteiger charge is -2.26. The Morgan fingerprint density at radius 3 is 2.47 bits per heavy atom. The molecule has 0 radical (unpaired) electrons. The summed E-state index contributed by atoms with van der Waals surface area (Å²) in [5.41, 5.74) is 5.16. The van der Waals surface area contributed by atoms with Crippen molar-refractivity contribution in [2.75, 3.05) is 13.2 Å². The van der Waals surface area contributed by atoms with Gasteiger partial charge in [-0.2, -0.15) is 4.99 Å². The number of thioether (sulfide) groups is 1. The molecule has 1 N–H and O–H groups in total. The Kier molecular flexibility index (Phi) is 6.73. The molecule has 0 saturated heterocycles. The molecule has 2 aliphatic heterocycles. The second-order valence-corrected chi connectivity index (χ2v) is 9.30. The van der Waals surface area contributed by atoms with Crippen LogP contribution in [0.25, 0.3) is 11.8 Å². The molecular weight excluding hydrogens is 470 g/mol. The number of rotatable bonds is 7. The molecule has 36 heavy (non-hydrogen) atoms. The summed E-state index contributed by atoms with van der Waals surface area (Å²) in [4.78, 5) is 18.6. The summed E-state index contributed by atoms with van der Waals surface area (Å²) in [6.07, 6.45) is 1.70. The van der Waals surface area contributed by atoms with Crippen LogP contribution in [0.2, 0.25) is 0 Å². The average molecular weight is 496 g/mol. The number of carbonyl (C=O) groups is 1. The van der Waals surface area contributed by atoms with Crippen LogP contribution in [-0.2, 0) is 4.79 Å². The molecule has 5 rings (SSSR count). The van der Waals surface area contributed by atoms with Crippen molar-refractivity contribution >= 4 is 40.4 Å². The molecule has 1 amide bonds. The third kappa shape index (κ3) is 4.97. The molecule has 3 aromatic carbocycles. The van der Waals surface area contributed by atoms with Gasteiger partial charge in [0, 0.05) is 5.41 Å². The van der Waals surface area contributed by atoms with E-state index in [1.54, 1.807) is 11.0 Å². The van der Waals surface area contributed by atoms with Gasteiger partial charge in [0.05, 0.1) is 11.3 Å². The third-order valence-electron chi connectivity index (χ3n) is 5.82. The molecular formula is C29H25N3O3S. The number of amides is 1. The van der Waals surface area contributed by atoms with Crippen molar-refractivity contribution in [1.29, 1.82) is 5.41 Å². The van der Waals surface area contributed by atoms with Crippen molar-refractivity contribution in [2.24, 2.45) is 4.99 Å². The van der Waals surface area contributed by atoms with Crippen molar-refractivity contribution in [3.63, 3.8) is 0 Å². The maximum absolute atomic E-state index is 12.7. The molecule has 3 aromatic rings. The number of hydrogen-bond donors (Lipinski definition) is 1. The lowest BCUT2D eigenvalue weighted by molar-refractivity contribution is -0.114. The molecule has 2 aliphatic rings. The van der Waals surface area contributed by atoms with Gasteiger partial charge < -0.3 is 9.47 Å². The van der Waals surface area contributed by atoms with Gasteiger partial charge in [-0.3, -0.25) is 15.1 Å². The number of amidine groups is 2. The van der Waals surface area contributed by atoms with E-state index in [2.05, 4.69) is 18.0 Å². The first-order chi connectivity index (χ1) is 17.5. The van der Waals surface area contributed by atoms with E-state index in [-0.39, 0.29) is 11.4 Å². The van der Waals surface area contributed by atoms with Crippen molar-refractivity contribution in [2.45, 2.75) is 13.8 Å². The Morgan fingerprint density at radius 1 is 0.972 bits per heavy atom. The van der Waals surface area contributed by atoms with Gasteiger partial charge in [0.2, 0.25) is 0 Å².